The first-order chi connectivity index (χ1) is 13.5. The van der Waals surface area contributed by atoms with Crippen LogP contribution in [0.3, 0.4) is 0 Å². The molecule has 1 aliphatic rings. The van der Waals surface area contributed by atoms with Crippen LogP contribution in [0.4, 0.5) is 5.69 Å². The maximum Gasteiger partial charge on any atom is 0.282 e. The number of methoxy groups -OCH3 is 1. The minimum atomic E-state index is -0.436. The van der Waals surface area contributed by atoms with E-state index in [0.29, 0.717) is 29.4 Å². The Morgan fingerprint density at radius 1 is 1.11 bits per heavy atom. The van der Waals surface area contributed by atoms with E-state index < -0.39 is 11.8 Å². The standard InChI is InChI=1S/C22H24N2O4/c1-4-5-11-28-19-10-9-16(14-20(19)27-3)13-18-21(25)23-24(22(18)26)17-8-6-7-15(2)12-17/h6-10,12-14H,4-5,11H2,1-3H3,(H,23,25)/b18-13+. The topological polar surface area (TPSA) is 67.9 Å². The average Bonchev–Trinajstić information content (AvgIpc) is 2.97. The van der Waals surface area contributed by atoms with Crippen LogP contribution in [-0.2, 0) is 9.59 Å². The predicted octanol–water partition coefficient (Wildman–Crippen LogP) is 3.64. The third-order valence-electron chi connectivity index (χ3n) is 4.41. The molecule has 0 spiro atoms. The molecule has 0 radical (unpaired) electrons. The molecule has 2 aromatic rings. The zero-order valence-corrected chi connectivity index (χ0v) is 16.3. The Bertz CT molecular complexity index is 921. The number of amides is 2. The lowest BCUT2D eigenvalue weighted by Gasteiger charge is -2.14. The van der Waals surface area contributed by atoms with Gasteiger partial charge in [-0.3, -0.25) is 15.0 Å². The van der Waals surface area contributed by atoms with E-state index in [-0.39, 0.29) is 5.57 Å². The molecular formula is C22H24N2O4. The number of hydrogen-bond donors (Lipinski definition) is 1. The van der Waals surface area contributed by atoms with Crippen molar-refractivity contribution < 1.29 is 19.1 Å². The number of ether oxygens (including phenoxy) is 2. The van der Waals surface area contributed by atoms with Gasteiger partial charge in [0.15, 0.2) is 11.5 Å². The fourth-order valence-electron chi connectivity index (χ4n) is 2.89. The van der Waals surface area contributed by atoms with E-state index in [1.54, 1.807) is 37.5 Å². The SMILES string of the molecule is CCCCOc1ccc(/C=C2\C(=O)NN(c3cccc(C)c3)C2=O)cc1OC. The number of anilines is 1. The van der Waals surface area contributed by atoms with Gasteiger partial charge in [-0.2, -0.15) is 0 Å². The van der Waals surface area contributed by atoms with Gasteiger partial charge in [0.2, 0.25) is 0 Å². The molecule has 6 nitrogen and oxygen atoms in total. The van der Waals surface area contributed by atoms with Crippen molar-refractivity contribution in [3.05, 3.63) is 59.2 Å². The monoisotopic (exact) mass is 380 g/mol. The van der Waals surface area contributed by atoms with Gasteiger partial charge in [0.1, 0.15) is 5.57 Å². The van der Waals surface area contributed by atoms with E-state index in [1.807, 2.05) is 25.1 Å². The number of benzene rings is 2. The van der Waals surface area contributed by atoms with Gasteiger partial charge >= 0.3 is 0 Å². The summed E-state index contributed by atoms with van der Waals surface area (Å²) in [7, 11) is 1.56. The van der Waals surface area contributed by atoms with Crippen molar-refractivity contribution in [2.24, 2.45) is 0 Å². The summed E-state index contributed by atoms with van der Waals surface area (Å²) >= 11 is 0. The van der Waals surface area contributed by atoms with Gasteiger partial charge in [0.05, 0.1) is 19.4 Å². The first-order valence-electron chi connectivity index (χ1n) is 9.28. The summed E-state index contributed by atoms with van der Waals surface area (Å²) in [6.45, 7) is 4.64. The van der Waals surface area contributed by atoms with Crippen LogP contribution in [0.15, 0.2) is 48.0 Å². The number of hydrogen-bond acceptors (Lipinski definition) is 4. The van der Waals surface area contributed by atoms with Crippen LogP contribution >= 0.6 is 0 Å². The second-order valence-corrected chi connectivity index (χ2v) is 6.59. The number of carbonyl (C=O) groups excluding carboxylic acids is 2. The second kappa shape index (κ2) is 8.61. The molecule has 2 amide bonds. The smallest absolute Gasteiger partial charge is 0.282 e. The van der Waals surface area contributed by atoms with Gasteiger partial charge in [-0.1, -0.05) is 31.5 Å². The highest BCUT2D eigenvalue weighted by molar-refractivity contribution is 6.31. The highest BCUT2D eigenvalue weighted by Crippen LogP contribution is 2.30. The van der Waals surface area contributed by atoms with Crippen molar-refractivity contribution in [2.75, 3.05) is 18.7 Å². The summed E-state index contributed by atoms with van der Waals surface area (Å²) in [5.41, 5.74) is 4.99. The van der Waals surface area contributed by atoms with E-state index in [1.165, 1.54) is 5.01 Å². The zero-order chi connectivity index (χ0) is 20.1. The summed E-state index contributed by atoms with van der Waals surface area (Å²) in [5.74, 6) is 0.375. The number of hydrazine groups is 1. The zero-order valence-electron chi connectivity index (χ0n) is 16.3. The number of unbranched alkanes of at least 4 members (excludes halogenated alkanes) is 1. The molecule has 1 aliphatic heterocycles. The molecule has 1 N–H and O–H groups in total. The van der Waals surface area contributed by atoms with Gasteiger partial charge in [0.25, 0.3) is 11.8 Å². The van der Waals surface area contributed by atoms with Crippen LogP contribution in [0.5, 0.6) is 11.5 Å². The van der Waals surface area contributed by atoms with Gasteiger partial charge < -0.3 is 9.47 Å². The van der Waals surface area contributed by atoms with Crippen LogP contribution < -0.4 is 19.9 Å². The van der Waals surface area contributed by atoms with Crippen LogP contribution in [-0.4, -0.2) is 25.5 Å². The molecule has 146 valence electrons. The first-order valence-corrected chi connectivity index (χ1v) is 9.28. The summed E-state index contributed by atoms with van der Waals surface area (Å²) in [6.07, 6.45) is 3.56. The molecule has 6 heteroatoms. The van der Waals surface area contributed by atoms with Gasteiger partial charge in [-0.15, -0.1) is 0 Å². The number of rotatable bonds is 7. The summed E-state index contributed by atoms with van der Waals surface area (Å²) in [5, 5.41) is 1.26. The van der Waals surface area contributed by atoms with Crippen molar-refractivity contribution in [1.82, 2.24) is 5.43 Å². The first kappa shape index (κ1) is 19.5. The molecule has 3 rings (SSSR count). The Morgan fingerprint density at radius 3 is 2.64 bits per heavy atom. The maximum absolute atomic E-state index is 12.7. The van der Waals surface area contributed by atoms with Crippen LogP contribution in [0.1, 0.15) is 30.9 Å². The Kier molecular flexibility index (Phi) is 5.99. The minimum Gasteiger partial charge on any atom is -0.493 e. The van der Waals surface area contributed by atoms with E-state index in [0.717, 1.165) is 18.4 Å². The Balaban J connectivity index is 1.84. The van der Waals surface area contributed by atoms with E-state index in [9.17, 15) is 9.59 Å². The van der Waals surface area contributed by atoms with Gasteiger partial charge in [-0.25, -0.2) is 5.01 Å². The van der Waals surface area contributed by atoms with Gasteiger partial charge in [-0.05, 0) is 54.8 Å². The van der Waals surface area contributed by atoms with E-state index in [4.69, 9.17) is 9.47 Å². The van der Waals surface area contributed by atoms with E-state index >= 15 is 0 Å². The Morgan fingerprint density at radius 2 is 1.93 bits per heavy atom. The lowest BCUT2D eigenvalue weighted by molar-refractivity contribution is -0.117. The molecule has 28 heavy (non-hydrogen) atoms. The molecule has 0 aromatic heterocycles. The fraction of sp³-hybridized carbons (Fsp3) is 0.273. The second-order valence-electron chi connectivity index (χ2n) is 6.59. The van der Waals surface area contributed by atoms with Crippen molar-refractivity contribution in [2.45, 2.75) is 26.7 Å². The summed E-state index contributed by atoms with van der Waals surface area (Å²) in [4.78, 5) is 25.1. The third-order valence-corrected chi connectivity index (χ3v) is 4.41. The van der Waals surface area contributed by atoms with Crippen molar-refractivity contribution >= 4 is 23.6 Å². The minimum absolute atomic E-state index is 0.0724. The number of nitrogens with zero attached hydrogens (tertiary/aromatic N) is 1. The van der Waals surface area contributed by atoms with Crippen molar-refractivity contribution in [3.63, 3.8) is 0 Å². The molecule has 1 heterocycles. The molecule has 2 aromatic carbocycles. The molecule has 0 saturated carbocycles. The molecular weight excluding hydrogens is 356 g/mol. The fourth-order valence-corrected chi connectivity index (χ4v) is 2.89. The van der Waals surface area contributed by atoms with Crippen LogP contribution in [0.25, 0.3) is 6.08 Å². The molecule has 1 saturated heterocycles. The third kappa shape index (κ3) is 4.17. The average molecular weight is 380 g/mol. The number of aryl methyl sites for hydroxylation is 1. The molecule has 0 unspecified atom stereocenters. The Labute approximate surface area is 164 Å². The lowest BCUT2D eigenvalue weighted by atomic mass is 10.1. The van der Waals surface area contributed by atoms with Gasteiger partial charge in [0, 0.05) is 0 Å². The molecule has 0 aliphatic carbocycles. The predicted molar refractivity (Wildman–Crippen MR) is 108 cm³/mol. The summed E-state index contributed by atoms with van der Waals surface area (Å²) in [6, 6.07) is 12.7. The number of nitrogens with one attached hydrogen (secondary N) is 1. The van der Waals surface area contributed by atoms with Crippen molar-refractivity contribution in [3.8, 4) is 11.5 Å². The summed E-state index contributed by atoms with van der Waals surface area (Å²) < 4.78 is 11.1. The van der Waals surface area contributed by atoms with Crippen LogP contribution in [0.2, 0.25) is 0 Å². The van der Waals surface area contributed by atoms with E-state index in [2.05, 4.69) is 12.3 Å². The Hall–Kier alpha value is -3.28. The highest BCUT2D eigenvalue weighted by Gasteiger charge is 2.34. The number of carbonyl (C=O) groups is 2. The maximum atomic E-state index is 12.7. The molecule has 1 fully saturated rings. The van der Waals surface area contributed by atoms with Crippen molar-refractivity contribution in [1.29, 1.82) is 0 Å². The normalized spacial score (nSPS) is 15.1. The molecule has 0 atom stereocenters. The largest absolute Gasteiger partial charge is 0.493 e. The lowest BCUT2D eigenvalue weighted by Crippen LogP contribution is -2.35. The molecule has 0 bridgehead atoms. The van der Waals surface area contributed by atoms with Crippen LogP contribution in [0, 0.1) is 6.92 Å². The quantitative estimate of drug-likeness (QED) is 0.452. The highest BCUT2D eigenvalue weighted by atomic mass is 16.5.